The van der Waals surface area contributed by atoms with Crippen molar-refractivity contribution >= 4 is 21.6 Å². The number of morpholine rings is 1. The molecule has 2 aliphatic heterocycles. The number of alkyl halides is 3. The SMILES string of the molecule is O=C(NO)c1c(S(=O)(=O)N2CCC(Oc3ccc(C(F)(F)F)cc3)CC2)c#ccc1N1CCOCC1. The molecule has 1 amide bonds. The van der Waals surface area contributed by atoms with E-state index in [2.05, 4.69) is 12.1 Å². The molecule has 0 aliphatic carbocycles. The second kappa shape index (κ2) is 10.5. The number of anilines is 1. The van der Waals surface area contributed by atoms with Gasteiger partial charge in [-0.2, -0.15) is 17.5 Å². The quantitative estimate of drug-likeness (QED) is 0.439. The van der Waals surface area contributed by atoms with Crippen molar-refractivity contribution in [1.82, 2.24) is 9.79 Å². The molecule has 2 aromatic carbocycles. The van der Waals surface area contributed by atoms with Crippen LogP contribution < -0.4 is 15.1 Å². The maximum absolute atomic E-state index is 13.5. The molecule has 0 spiro atoms. The minimum atomic E-state index is -4.45. The van der Waals surface area contributed by atoms with Crippen LogP contribution in [0.5, 0.6) is 5.75 Å². The van der Waals surface area contributed by atoms with Crippen LogP contribution >= 0.6 is 0 Å². The fourth-order valence-electron chi connectivity index (χ4n) is 4.18. The Bertz CT molecular complexity index is 1180. The van der Waals surface area contributed by atoms with Gasteiger partial charge in [-0.15, -0.1) is 0 Å². The number of halogens is 3. The van der Waals surface area contributed by atoms with Gasteiger partial charge in [0.1, 0.15) is 16.7 Å². The van der Waals surface area contributed by atoms with Crippen LogP contribution in [0.3, 0.4) is 0 Å². The molecule has 36 heavy (non-hydrogen) atoms. The minimum absolute atomic E-state index is 0.0590. The molecule has 4 rings (SSSR count). The van der Waals surface area contributed by atoms with Gasteiger partial charge in [0.05, 0.1) is 30.0 Å². The van der Waals surface area contributed by atoms with E-state index in [4.69, 9.17) is 9.47 Å². The second-order valence-electron chi connectivity index (χ2n) is 8.29. The first-order valence-electron chi connectivity index (χ1n) is 11.2. The molecule has 2 aromatic rings. The van der Waals surface area contributed by atoms with Crippen LogP contribution in [0.25, 0.3) is 0 Å². The van der Waals surface area contributed by atoms with Crippen LogP contribution in [0.4, 0.5) is 18.9 Å². The molecule has 2 fully saturated rings. The van der Waals surface area contributed by atoms with Crippen LogP contribution in [0.2, 0.25) is 0 Å². The molecule has 9 nitrogen and oxygen atoms in total. The van der Waals surface area contributed by atoms with Gasteiger partial charge in [0.15, 0.2) is 0 Å². The van der Waals surface area contributed by atoms with Gasteiger partial charge in [-0.25, -0.2) is 13.9 Å². The van der Waals surface area contributed by atoms with Gasteiger partial charge in [-0.3, -0.25) is 10.0 Å². The summed E-state index contributed by atoms with van der Waals surface area (Å²) in [7, 11) is -4.19. The zero-order valence-corrected chi connectivity index (χ0v) is 19.9. The van der Waals surface area contributed by atoms with Crippen molar-refractivity contribution in [3.63, 3.8) is 0 Å². The minimum Gasteiger partial charge on any atom is -0.490 e. The van der Waals surface area contributed by atoms with E-state index in [1.165, 1.54) is 28.0 Å². The van der Waals surface area contributed by atoms with Gasteiger partial charge in [0.2, 0.25) is 0 Å². The zero-order chi connectivity index (χ0) is 25.9. The lowest BCUT2D eigenvalue weighted by Crippen LogP contribution is -2.43. The molecule has 0 bridgehead atoms. The lowest BCUT2D eigenvalue weighted by Gasteiger charge is -2.33. The highest BCUT2D eigenvalue weighted by Gasteiger charge is 2.35. The van der Waals surface area contributed by atoms with Gasteiger partial charge in [-0.1, -0.05) is 6.07 Å². The topological polar surface area (TPSA) is 108 Å². The monoisotopic (exact) mass is 527 g/mol. The molecule has 2 heterocycles. The molecule has 13 heteroatoms. The van der Waals surface area contributed by atoms with Gasteiger partial charge in [0, 0.05) is 32.2 Å². The predicted octanol–water partition coefficient (Wildman–Crippen LogP) is 2.49. The molecule has 2 aliphatic rings. The molecule has 194 valence electrons. The molecule has 2 N–H and O–H groups in total. The Balaban J connectivity index is 1.49. The number of piperidine rings is 1. The van der Waals surface area contributed by atoms with Gasteiger partial charge >= 0.3 is 6.18 Å². The number of rotatable bonds is 6. The van der Waals surface area contributed by atoms with E-state index in [1.54, 1.807) is 4.90 Å². The number of hydroxylamine groups is 1. The van der Waals surface area contributed by atoms with Crippen molar-refractivity contribution in [2.75, 3.05) is 44.3 Å². The van der Waals surface area contributed by atoms with E-state index in [-0.39, 0.29) is 37.2 Å². The molecule has 0 atom stereocenters. The standard InChI is InChI=1S/C23H24F3N3O6S/c24-23(25,26)16-4-6-17(7-5-16)35-18-8-10-29(11-9-18)36(32,33)20-3-1-2-19(21(20)22(30)27-31)28-12-14-34-15-13-28/h2,4-7,18,31H,8-15H2,(H,27,30). The van der Waals surface area contributed by atoms with Crippen molar-refractivity contribution in [1.29, 1.82) is 0 Å². The Morgan fingerprint density at radius 2 is 1.75 bits per heavy atom. The molecular weight excluding hydrogens is 503 g/mol. The average Bonchev–Trinajstić information content (AvgIpc) is 2.88. The van der Waals surface area contributed by atoms with Crippen LogP contribution in [-0.2, 0) is 20.9 Å². The Kier molecular flexibility index (Phi) is 7.60. The number of carbonyl (C=O) groups is 1. The van der Waals surface area contributed by atoms with E-state index in [0.717, 1.165) is 12.1 Å². The lowest BCUT2D eigenvalue weighted by molar-refractivity contribution is -0.137. The van der Waals surface area contributed by atoms with Crippen molar-refractivity contribution in [3.05, 3.63) is 53.6 Å². The second-order valence-corrected chi connectivity index (χ2v) is 10.2. The summed E-state index contributed by atoms with van der Waals surface area (Å²) in [5.74, 6) is -0.729. The molecule has 2 saturated heterocycles. The number of nitrogens with one attached hydrogen (secondary N) is 1. The highest BCUT2D eigenvalue weighted by molar-refractivity contribution is 7.89. The number of sulfonamides is 1. The van der Waals surface area contributed by atoms with Crippen LogP contribution in [0, 0.1) is 12.1 Å². The van der Waals surface area contributed by atoms with Crippen molar-refractivity contribution in [2.45, 2.75) is 30.0 Å². The third-order valence-electron chi connectivity index (χ3n) is 6.04. The van der Waals surface area contributed by atoms with Gasteiger partial charge in [-0.05, 0) is 43.2 Å². The number of amides is 1. The summed E-state index contributed by atoms with van der Waals surface area (Å²) < 4.78 is 77.5. The Hall–Kier alpha value is -3.05. The summed E-state index contributed by atoms with van der Waals surface area (Å²) in [5, 5.41) is 9.29. The summed E-state index contributed by atoms with van der Waals surface area (Å²) in [6, 6.07) is 11.0. The Labute approximate surface area is 206 Å². The van der Waals surface area contributed by atoms with E-state index < -0.39 is 38.7 Å². The predicted molar refractivity (Wildman–Crippen MR) is 120 cm³/mol. The molecule has 0 radical (unpaired) electrons. The first kappa shape index (κ1) is 26.0. The highest BCUT2D eigenvalue weighted by Crippen LogP contribution is 2.32. The molecular formula is C23H24F3N3O6S. The molecule has 0 aromatic heterocycles. The fraction of sp³-hybridized carbons (Fsp3) is 0.435. The summed E-state index contributed by atoms with van der Waals surface area (Å²) >= 11 is 0. The van der Waals surface area contributed by atoms with Crippen LogP contribution in [0.1, 0.15) is 28.8 Å². The number of benzene rings is 1. The third-order valence-corrected chi connectivity index (χ3v) is 7.91. The zero-order valence-electron chi connectivity index (χ0n) is 19.0. The number of hydrogen-bond donors (Lipinski definition) is 2. The average molecular weight is 528 g/mol. The van der Waals surface area contributed by atoms with E-state index in [9.17, 15) is 31.6 Å². The van der Waals surface area contributed by atoms with Crippen molar-refractivity contribution in [2.24, 2.45) is 0 Å². The normalized spacial score (nSPS) is 17.9. The third kappa shape index (κ3) is 5.52. The summed E-state index contributed by atoms with van der Waals surface area (Å²) in [6.07, 6.45) is -4.27. The smallest absolute Gasteiger partial charge is 0.416 e. The first-order chi connectivity index (χ1) is 17.1. The summed E-state index contributed by atoms with van der Waals surface area (Å²) in [4.78, 5) is 13.9. The summed E-state index contributed by atoms with van der Waals surface area (Å²) in [6.45, 7) is 1.76. The van der Waals surface area contributed by atoms with Crippen LogP contribution in [-0.4, -0.2) is 69.3 Å². The van der Waals surface area contributed by atoms with Crippen molar-refractivity contribution < 1.29 is 41.1 Å². The Morgan fingerprint density at radius 1 is 1.11 bits per heavy atom. The largest absolute Gasteiger partial charge is 0.490 e. The van der Waals surface area contributed by atoms with E-state index >= 15 is 0 Å². The number of ether oxygens (including phenoxy) is 2. The maximum Gasteiger partial charge on any atom is 0.416 e. The van der Waals surface area contributed by atoms with Gasteiger partial charge < -0.3 is 14.4 Å². The maximum atomic E-state index is 13.5. The van der Waals surface area contributed by atoms with E-state index in [1.807, 2.05) is 0 Å². The highest BCUT2D eigenvalue weighted by atomic mass is 32.2. The number of hydrogen-bond acceptors (Lipinski definition) is 7. The van der Waals surface area contributed by atoms with Gasteiger partial charge in [0.25, 0.3) is 15.9 Å². The summed E-state index contributed by atoms with van der Waals surface area (Å²) in [5.41, 5.74) is 0.793. The fourth-order valence-corrected chi connectivity index (χ4v) is 5.77. The Morgan fingerprint density at radius 3 is 2.33 bits per heavy atom. The van der Waals surface area contributed by atoms with Crippen molar-refractivity contribution in [3.8, 4) is 5.75 Å². The number of carbonyl (C=O) groups excluding carboxylic acids is 1. The first-order valence-corrected chi connectivity index (χ1v) is 12.6. The lowest BCUT2D eigenvalue weighted by atomic mass is 10.1. The number of nitrogens with zero attached hydrogens (tertiary/aromatic N) is 2. The van der Waals surface area contributed by atoms with E-state index in [0.29, 0.717) is 32.0 Å². The molecule has 0 saturated carbocycles. The van der Waals surface area contributed by atoms with Crippen LogP contribution in [0.15, 0.2) is 35.2 Å². The molecule has 0 unspecified atom stereocenters.